The molecule has 6 heteroatoms. The molecule has 6 nitrogen and oxygen atoms in total. The molecule has 126 valence electrons. The zero-order valence-corrected chi connectivity index (χ0v) is 14.0. The lowest BCUT2D eigenvalue weighted by molar-refractivity contribution is -0.146. The van der Waals surface area contributed by atoms with E-state index in [4.69, 9.17) is 0 Å². The summed E-state index contributed by atoms with van der Waals surface area (Å²) in [6.45, 7) is 7.52. The first-order chi connectivity index (χ1) is 10.0. The molecular formula is C16H28N2O4. The van der Waals surface area contributed by atoms with Crippen LogP contribution in [0.1, 0.15) is 59.8 Å². The van der Waals surface area contributed by atoms with E-state index >= 15 is 0 Å². The average molecular weight is 312 g/mol. The Morgan fingerprint density at radius 3 is 2.36 bits per heavy atom. The highest BCUT2D eigenvalue weighted by molar-refractivity contribution is 5.86. The molecule has 1 fully saturated rings. The second-order valence-electron chi connectivity index (χ2n) is 7.62. The number of carbonyl (C=O) groups excluding carboxylic acids is 2. The third-order valence-electron chi connectivity index (χ3n) is 4.07. The summed E-state index contributed by atoms with van der Waals surface area (Å²) in [7, 11) is 0. The second kappa shape index (κ2) is 7.11. The molecule has 22 heavy (non-hydrogen) atoms. The lowest BCUT2D eigenvalue weighted by atomic mass is 9.74. The summed E-state index contributed by atoms with van der Waals surface area (Å²) in [6, 6.07) is 0. The third-order valence-corrected chi connectivity index (χ3v) is 4.07. The molecule has 3 N–H and O–H groups in total. The maximum atomic E-state index is 12.0. The maximum Gasteiger partial charge on any atom is 0.308 e. The van der Waals surface area contributed by atoms with Crippen LogP contribution in [0.25, 0.3) is 0 Å². The minimum atomic E-state index is -0.876. The van der Waals surface area contributed by atoms with Crippen molar-refractivity contribution in [2.45, 2.75) is 65.3 Å². The number of carboxylic acid groups (broad SMARTS) is 1. The maximum absolute atomic E-state index is 12.0. The number of nitrogens with one attached hydrogen (secondary N) is 2. The Hall–Kier alpha value is -1.59. The molecular weight excluding hydrogens is 284 g/mol. The van der Waals surface area contributed by atoms with Gasteiger partial charge in [-0.25, -0.2) is 0 Å². The van der Waals surface area contributed by atoms with E-state index in [1.807, 2.05) is 20.8 Å². The summed E-state index contributed by atoms with van der Waals surface area (Å²) in [5, 5.41) is 14.7. The quantitative estimate of drug-likeness (QED) is 0.720. The van der Waals surface area contributed by atoms with E-state index < -0.39 is 17.4 Å². The van der Waals surface area contributed by atoms with Crippen molar-refractivity contribution in [3.63, 3.8) is 0 Å². The fraction of sp³-hybridized carbons (Fsp3) is 0.812. The van der Waals surface area contributed by atoms with Crippen LogP contribution in [0.4, 0.5) is 0 Å². The van der Waals surface area contributed by atoms with Gasteiger partial charge in [-0.05, 0) is 25.2 Å². The summed E-state index contributed by atoms with van der Waals surface area (Å²) in [5.41, 5.74) is -0.875. The Labute approximate surface area is 132 Å². The highest BCUT2D eigenvalue weighted by Gasteiger charge is 2.42. The molecule has 0 radical (unpaired) electrons. The number of hydrogen-bond donors (Lipinski definition) is 3. The topological polar surface area (TPSA) is 95.5 Å². The van der Waals surface area contributed by atoms with E-state index in [0.717, 1.165) is 12.8 Å². The lowest BCUT2D eigenvalue weighted by Crippen LogP contribution is -2.57. The summed E-state index contributed by atoms with van der Waals surface area (Å²) in [5.74, 6) is -1.96. The molecule has 1 saturated carbocycles. The van der Waals surface area contributed by atoms with Crippen LogP contribution >= 0.6 is 0 Å². The fourth-order valence-corrected chi connectivity index (χ4v) is 2.96. The molecule has 0 aromatic rings. The van der Waals surface area contributed by atoms with Gasteiger partial charge in [-0.15, -0.1) is 0 Å². The van der Waals surface area contributed by atoms with Gasteiger partial charge in [-0.1, -0.05) is 33.6 Å². The fourth-order valence-electron chi connectivity index (χ4n) is 2.96. The largest absolute Gasteiger partial charge is 0.481 e. The van der Waals surface area contributed by atoms with Crippen molar-refractivity contribution in [3.05, 3.63) is 0 Å². The van der Waals surface area contributed by atoms with Gasteiger partial charge in [0.15, 0.2) is 0 Å². The highest BCUT2D eigenvalue weighted by atomic mass is 16.4. The van der Waals surface area contributed by atoms with Crippen molar-refractivity contribution in [2.24, 2.45) is 11.3 Å². The molecule has 1 rings (SSSR count). The minimum Gasteiger partial charge on any atom is -0.481 e. The number of hydrogen-bond acceptors (Lipinski definition) is 3. The first-order valence-corrected chi connectivity index (χ1v) is 7.84. The molecule has 0 heterocycles. The van der Waals surface area contributed by atoms with Crippen molar-refractivity contribution < 1.29 is 19.5 Å². The number of carboxylic acids is 1. The summed E-state index contributed by atoms with van der Waals surface area (Å²) >= 11 is 0. The molecule has 0 aromatic heterocycles. The SMILES string of the molecule is CC(C)(C)CC(=O)NCC(=O)NC1(C)CCCCC1C(=O)O. The van der Waals surface area contributed by atoms with Crippen molar-refractivity contribution >= 4 is 17.8 Å². The first-order valence-electron chi connectivity index (χ1n) is 7.84. The van der Waals surface area contributed by atoms with Crippen molar-refractivity contribution in [3.8, 4) is 0 Å². The summed E-state index contributed by atoms with van der Waals surface area (Å²) in [4.78, 5) is 35.1. The molecule has 0 saturated heterocycles. The van der Waals surface area contributed by atoms with Crippen molar-refractivity contribution in [1.29, 1.82) is 0 Å². The Bertz CT molecular complexity index is 442. The van der Waals surface area contributed by atoms with Crippen LogP contribution in [0, 0.1) is 11.3 Å². The predicted molar refractivity (Wildman–Crippen MR) is 83.2 cm³/mol. The molecule has 2 atom stereocenters. The van der Waals surface area contributed by atoms with E-state index in [-0.39, 0.29) is 23.8 Å². The van der Waals surface area contributed by atoms with Gasteiger partial charge in [0, 0.05) is 6.42 Å². The van der Waals surface area contributed by atoms with Crippen LogP contribution in [-0.4, -0.2) is 35.0 Å². The normalized spacial score (nSPS) is 25.4. The Balaban J connectivity index is 2.52. The Morgan fingerprint density at radius 1 is 1.18 bits per heavy atom. The highest BCUT2D eigenvalue weighted by Crippen LogP contribution is 2.33. The summed E-state index contributed by atoms with van der Waals surface area (Å²) < 4.78 is 0. The van der Waals surface area contributed by atoms with E-state index in [0.29, 0.717) is 19.3 Å². The monoisotopic (exact) mass is 312 g/mol. The number of aliphatic carboxylic acids is 1. The smallest absolute Gasteiger partial charge is 0.308 e. The zero-order valence-electron chi connectivity index (χ0n) is 14.0. The van der Waals surface area contributed by atoms with Crippen LogP contribution < -0.4 is 10.6 Å². The molecule has 0 bridgehead atoms. The number of carbonyl (C=O) groups is 3. The standard InChI is InChI=1S/C16H28N2O4/c1-15(2,3)9-12(19)17-10-13(20)18-16(4)8-6-5-7-11(16)14(21)22/h11H,5-10H2,1-4H3,(H,17,19)(H,18,20)(H,21,22). The van der Waals surface area contributed by atoms with Crippen LogP contribution in [0.5, 0.6) is 0 Å². The van der Waals surface area contributed by atoms with E-state index in [2.05, 4.69) is 10.6 Å². The van der Waals surface area contributed by atoms with Crippen LogP contribution in [0.15, 0.2) is 0 Å². The molecule has 2 amide bonds. The molecule has 2 unspecified atom stereocenters. The Kier molecular flexibility index (Phi) is 5.97. The van der Waals surface area contributed by atoms with Gasteiger partial charge in [-0.2, -0.15) is 0 Å². The van der Waals surface area contributed by atoms with Gasteiger partial charge in [0.1, 0.15) is 0 Å². The van der Waals surface area contributed by atoms with Crippen molar-refractivity contribution in [2.75, 3.05) is 6.54 Å². The Morgan fingerprint density at radius 2 is 1.82 bits per heavy atom. The summed E-state index contributed by atoms with van der Waals surface area (Å²) in [6.07, 6.45) is 3.32. The lowest BCUT2D eigenvalue weighted by Gasteiger charge is -2.39. The van der Waals surface area contributed by atoms with Gasteiger partial charge >= 0.3 is 5.97 Å². The molecule has 0 aliphatic heterocycles. The zero-order chi connectivity index (χ0) is 17.0. The second-order valence-corrected chi connectivity index (χ2v) is 7.62. The molecule has 1 aliphatic rings. The number of amides is 2. The van der Waals surface area contributed by atoms with Gasteiger partial charge in [-0.3, -0.25) is 14.4 Å². The molecule has 1 aliphatic carbocycles. The first kappa shape index (κ1) is 18.5. The third kappa shape index (κ3) is 5.66. The van der Waals surface area contributed by atoms with Crippen LogP contribution in [0.3, 0.4) is 0 Å². The van der Waals surface area contributed by atoms with Crippen molar-refractivity contribution in [1.82, 2.24) is 10.6 Å². The van der Waals surface area contributed by atoms with Gasteiger partial charge in [0.25, 0.3) is 0 Å². The van der Waals surface area contributed by atoms with Gasteiger partial charge < -0.3 is 15.7 Å². The van der Waals surface area contributed by atoms with Gasteiger partial charge in [0.2, 0.25) is 11.8 Å². The molecule has 0 aromatic carbocycles. The van der Waals surface area contributed by atoms with E-state index in [1.54, 1.807) is 6.92 Å². The van der Waals surface area contributed by atoms with E-state index in [1.165, 1.54) is 0 Å². The van der Waals surface area contributed by atoms with Gasteiger partial charge in [0.05, 0.1) is 18.0 Å². The molecule has 0 spiro atoms. The van der Waals surface area contributed by atoms with Crippen LogP contribution in [-0.2, 0) is 14.4 Å². The number of rotatable bonds is 5. The van der Waals surface area contributed by atoms with E-state index in [9.17, 15) is 19.5 Å². The minimum absolute atomic E-state index is 0.114. The average Bonchev–Trinajstić information content (AvgIpc) is 2.34. The van der Waals surface area contributed by atoms with Crippen LogP contribution in [0.2, 0.25) is 0 Å². The predicted octanol–water partition coefficient (Wildman–Crippen LogP) is 1.69.